The van der Waals surface area contributed by atoms with Crippen LogP contribution in [0, 0.1) is 10.1 Å². The van der Waals surface area contributed by atoms with Gasteiger partial charge in [-0.15, -0.1) is 0 Å². The lowest BCUT2D eigenvalue weighted by atomic mass is 10.1. The second-order valence-corrected chi connectivity index (χ2v) is 4.13. The third kappa shape index (κ3) is 2.69. The van der Waals surface area contributed by atoms with Crippen LogP contribution < -0.4 is 4.74 Å². The largest absolute Gasteiger partial charge is 0.497 e. The Morgan fingerprint density at radius 2 is 2.16 bits per heavy atom. The predicted molar refractivity (Wildman–Crippen MR) is 67.4 cm³/mol. The topological polar surface area (TPSA) is 85.7 Å². The minimum Gasteiger partial charge on any atom is -0.497 e. The van der Waals surface area contributed by atoms with Crippen LogP contribution in [0.1, 0.15) is 17.4 Å². The third-order valence-electron chi connectivity index (χ3n) is 2.56. The maximum Gasteiger partial charge on any atom is 0.433 e. The Hall–Kier alpha value is -2.05. The summed E-state index contributed by atoms with van der Waals surface area (Å²) in [5.74, 6) is 0.170. The van der Waals surface area contributed by atoms with Gasteiger partial charge in [-0.2, -0.15) is 0 Å². The normalized spacial score (nSPS) is 12.2. The van der Waals surface area contributed by atoms with Crippen LogP contribution in [0.4, 0.5) is 5.88 Å². The summed E-state index contributed by atoms with van der Waals surface area (Å²) >= 11 is 6.01. The van der Waals surface area contributed by atoms with E-state index in [1.165, 1.54) is 25.3 Å². The number of aliphatic hydroxyl groups excluding tert-OH is 1. The minimum absolute atomic E-state index is 0.0544. The van der Waals surface area contributed by atoms with Crippen molar-refractivity contribution in [2.45, 2.75) is 6.10 Å². The van der Waals surface area contributed by atoms with Crippen molar-refractivity contribution in [2.24, 2.45) is 0 Å². The summed E-state index contributed by atoms with van der Waals surface area (Å²) in [4.78, 5) is 9.84. The highest BCUT2D eigenvalue weighted by molar-refractivity contribution is 6.31. The van der Waals surface area contributed by atoms with Crippen LogP contribution in [-0.4, -0.2) is 17.1 Å². The molecular weight excluding hydrogens is 274 g/mol. The van der Waals surface area contributed by atoms with Crippen LogP contribution in [0.5, 0.6) is 5.75 Å². The summed E-state index contributed by atoms with van der Waals surface area (Å²) in [6, 6.07) is 7.25. The van der Waals surface area contributed by atoms with Crippen molar-refractivity contribution in [3.8, 4) is 5.75 Å². The van der Waals surface area contributed by atoms with E-state index in [0.717, 1.165) is 0 Å². The van der Waals surface area contributed by atoms with Crippen LogP contribution in [0.3, 0.4) is 0 Å². The Kier molecular flexibility index (Phi) is 3.73. The van der Waals surface area contributed by atoms with Crippen molar-refractivity contribution < 1.29 is 19.2 Å². The Morgan fingerprint density at radius 1 is 1.42 bits per heavy atom. The Bertz CT molecular complexity index is 610. The molecule has 0 fully saturated rings. The molecule has 1 unspecified atom stereocenters. The molecule has 0 saturated heterocycles. The highest BCUT2D eigenvalue weighted by Crippen LogP contribution is 2.32. The molecule has 19 heavy (non-hydrogen) atoms. The van der Waals surface area contributed by atoms with Gasteiger partial charge in [-0.1, -0.05) is 17.7 Å². The van der Waals surface area contributed by atoms with Gasteiger partial charge in [0.1, 0.15) is 22.5 Å². The van der Waals surface area contributed by atoms with Gasteiger partial charge in [0, 0.05) is 5.56 Å². The molecule has 0 bridgehead atoms. The van der Waals surface area contributed by atoms with Gasteiger partial charge in [-0.25, -0.2) is 0 Å². The summed E-state index contributed by atoms with van der Waals surface area (Å²) in [6.07, 6.45) is -1.17. The molecule has 2 aromatic rings. The second-order valence-electron chi connectivity index (χ2n) is 3.72. The average Bonchev–Trinajstić information content (AvgIpc) is 2.87. The highest BCUT2D eigenvalue weighted by Gasteiger charge is 2.21. The van der Waals surface area contributed by atoms with E-state index in [1.807, 2.05) is 0 Å². The first kappa shape index (κ1) is 13.4. The quantitative estimate of drug-likeness (QED) is 0.688. The van der Waals surface area contributed by atoms with Crippen LogP contribution >= 0.6 is 11.6 Å². The maximum absolute atomic E-state index is 10.5. The fourth-order valence-corrected chi connectivity index (χ4v) is 1.87. The lowest BCUT2D eigenvalue weighted by molar-refractivity contribution is -0.402. The molecule has 100 valence electrons. The molecule has 1 atom stereocenters. The number of benzene rings is 1. The number of methoxy groups -OCH3 is 1. The number of rotatable bonds is 4. The average molecular weight is 284 g/mol. The number of hydrogen-bond acceptors (Lipinski definition) is 5. The molecule has 0 saturated carbocycles. The van der Waals surface area contributed by atoms with Gasteiger partial charge in [0.2, 0.25) is 0 Å². The van der Waals surface area contributed by atoms with E-state index in [4.69, 9.17) is 20.8 Å². The van der Waals surface area contributed by atoms with E-state index in [9.17, 15) is 15.2 Å². The van der Waals surface area contributed by atoms with Gasteiger partial charge >= 0.3 is 5.88 Å². The smallest absolute Gasteiger partial charge is 0.433 e. The molecule has 1 aromatic carbocycles. The van der Waals surface area contributed by atoms with Gasteiger partial charge in [0.25, 0.3) is 0 Å². The van der Waals surface area contributed by atoms with Gasteiger partial charge in [-0.05, 0) is 18.2 Å². The summed E-state index contributed by atoms with van der Waals surface area (Å²) < 4.78 is 9.93. The summed E-state index contributed by atoms with van der Waals surface area (Å²) in [6.45, 7) is 0. The molecule has 0 amide bonds. The zero-order valence-corrected chi connectivity index (χ0v) is 10.6. The molecule has 1 heterocycles. The number of halogens is 1. The second kappa shape index (κ2) is 5.29. The lowest BCUT2D eigenvalue weighted by Gasteiger charge is -2.11. The summed E-state index contributed by atoms with van der Waals surface area (Å²) in [5.41, 5.74) is 0.381. The number of nitro groups is 1. The monoisotopic (exact) mass is 283 g/mol. The van der Waals surface area contributed by atoms with Gasteiger partial charge in [0.05, 0.1) is 18.2 Å². The molecule has 1 N–H and O–H groups in total. The number of hydrogen-bond donors (Lipinski definition) is 1. The maximum atomic E-state index is 10.5. The summed E-state index contributed by atoms with van der Waals surface area (Å²) in [5, 5.41) is 20.9. The molecule has 0 spiro atoms. The zero-order chi connectivity index (χ0) is 14.0. The number of furan rings is 1. The fraction of sp³-hybridized carbons (Fsp3) is 0.167. The SMILES string of the molecule is COc1ccc(C(O)c2ccc([N+](=O)[O-])o2)c(Cl)c1. The number of nitrogens with zero attached hydrogens (tertiary/aromatic N) is 1. The Labute approximate surface area is 113 Å². The van der Waals surface area contributed by atoms with E-state index in [-0.39, 0.29) is 10.8 Å². The van der Waals surface area contributed by atoms with E-state index in [1.54, 1.807) is 12.1 Å². The van der Waals surface area contributed by atoms with E-state index >= 15 is 0 Å². The molecule has 2 rings (SSSR count). The van der Waals surface area contributed by atoms with Crippen molar-refractivity contribution in [2.75, 3.05) is 7.11 Å². The molecule has 0 radical (unpaired) electrons. The number of aliphatic hydroxyl groups is 1. The molecular formula is C12H10ClNO5. The van der Waals surface area contributed by atoms with E-state index in [0.29, 0.717) is 11.3 Å². The first-order chi connectivity index (χ1) is 9.02. The zero-order valence-electron chi connectivity index (χ0n) is 9.87. The molecule has 0 aliphatic rings. The van der Waals surface area contributed by atoms with Crippen molar-refractivity contribution in [3.05, 3.63) is 56.8 Å². The first-order valence-corrected chi connectivity index (χ1v) is 5.66. The van der Waals surface area contributed by atoms with Crippen molar-refractivity contribution in [1.29, 1.82) is 0 Å². The van der Waals surface area contributed by atoms with Crippen molar-refractivity contribution in [3.63, 3.8) is 0 Å². The Balaban J connectivity index is 2.32. The molecule has 0 aliphatic carbocycles. The molecule has 0 aliphatic heterocycles. The van der Waals surface area contributed by atoms with Crippen LogP contribution in [0.15, 0.2) is 34.7 Å². The summed E-state index contributed by atoms with van der Waals surface area (Å²) in [7, 11) is 1.50. The van der Waals surface area contributed by atoms with Crippen LogP contribution in [-0.2, 0) is 0 Å². The molecule has 7 heteroatoms. The minimum atomic E-state index is -1.17. The standard InChI is InChI=1S/C12H10ClNO5/c1-18-7-2-3-8(9(13)6-7)12(15)10-4-5-11(19-10)14(16)17/h2-6,12,15H,1H3. The van der Waals surface area contributed by atoms with E-state index in [2.05, 4.69) is 0 Å². The third-order valence-corrected chi connectivity index (χ3v) is 2.89. The molecule has 1 aromatic heterocycles. The van der Waals surface area contributed by atoms with Crippen molar-refractivity contribution in [1.82, 2.24) is 0 Å². The van der Waals surface area contributed by atoms with E-state index < -0.39 is 16.9 Å². The lowest BCUT2D eigenvalue weighted by Crippen LogP contribution is -1.99. The van der Waals surface area contributed by atoms with Gasteiger partial charge in [-0.3, -0.25) is 10.1 Å². The Morgan fingerprint density at radius 3 is 2.68 bits per heavy atom. The van der Waals surface area contributed by atoms with Gasteiger partial charge in [0.15, 0.2) is 0 Å². The predicted octanol–water partition coefficient (Wildman–Crippen LogP) is 2.93. The fourth-order valence-electron chi connectivity index (χ4n) is 1.60. The van der Waals surface area contributed by atoms with Crippen LogP contribution in [0.2, 0.25) is 5.02 Å². The van der Waals surface area contributed by atoms with Crippen molar-refractivity contribution >= 4 is 17.5 Å². The first-order valence-electron chi connectivity index (χ1n) is 5.28. The van der Waals surface area contributed by atoms with Crippen LogP contribution in [0.25, 0.3) is 0 Å². The van der Waals surface area contributed by atoms with Gasteiger partial charge < -0.3 is 14.3 Å². The number of ether oxygens (including phenoxy) is 1. The highest BCUT2D eigenvalue weighted by atomic mass is 35.5. The molecule has 6 nitrogen and oxygen atoms in total.